The Morgan fingerprint density at radius 1 is 0.971 bits per heavy atom. The Labute approximate surface area is 208 Å². The maximum absolute atomic E-state index is 13.8. The SMILES string of the molecule is CC1=C2[C@H]3OC(C)(C)O[C@@H]3[C@]3(C)CCCC(=O)[C@H]3[C@@H]3O[C@H](c4ccccc4)O[C@@]3(C[C@@H]1O)C2(C)C. The van der Waals surface area contributed by atoms with Crippen LogP contribution in [0.5, 0.6) is 0 Å². The smallest absolute Gasteiger partial charge is 0.185 e. The summed E-state index contributed by atoms with van der Waals surface area (Å²) < 4.78 is 27.1. The number of ether oxygens (including phenoxy) is 4. The van der Waals surface area contributed by atoms with E-state index in [1.165, 1.54) is 0 Å². The third-order valence-corrected chi connectivity index (χ3v) is 9.80. The van der Waals surface area contributed by atoms with Gasteiger partial charge in [-0.2, -0.15) is 0 Å². The molecule has 190 valence electrons. The molecule has 0 radical (unpaired) electrons. The molecule has 1 spiro atoms. The van der Waals surface area contributed by atoms with Gasteiger partial charge in [0.2, 0.25) is 0 Å². The second-order valence-electron chi connectivity index (χ2n) is 12.5. The van der Waals surface area contributed by atoms with Crippen LogP contribution >= 0.6 is 0 Å². The summed E-state index contributed by atoms with van der Waals surface area (Å²) in [6, 6.07) is 9.92. The molecule has 6 heteroatoms. The Morgan fingerprint density at radius 3 is 2.40 bits per heavy atom. The molecule has 2 saturated heterocycles. The molecule has 2 bridgehead atoms. The summed E-state index contributed by atoms with van der Waals surface area (Å²) in [5.41, 5.74) is 0.949. The highest BCUT2D eigenvalue weighted by molar-refractivity contribution is 5.84. The molecule has 5 aliphatic rings. The van der Waals surface area contributed by atoms with Gasteiger partial charge in [-0.3, -0.25) is 4.79 Å². The summed E-state index contributed by atoms with van der Waals surface area (Å²) in [4.78, 5) is 13.8. The third-order valence-electron chi connectivity index (χ3n) is 9.80. The number of hydrogen-bond donors (Lipinski definition) is 1. The van der Waals surface area contributed by atoms with Crippen LogP contribution in [-0.2, 0) is 23.7 Å². The minimum atomic E-state index is -0.887. The number of aliphatic hydroxyl groups is 1. The second kappa shape index (κ2) is 7.48. The van der Waals surface area contributed by atoms with Crippen molar-refractivity contribution in [3.8, 4) is 0 Å². The van der Waals surface area contributed by atoms with E-state index in [1.807, 2.05) is 51.1 Å². The lowest BCUT2D eigenvalue weighted by atomic mass is 9.48. The zero-order chi connectivity index (χ0) is 25.0. The number of Topliss-reactive ketones (excluding diaryl/α,β-unsaturated/α-hetero) is 1. The molecule has 35 heavy (non-hydrogen) atoms. The molecule has 2 saturated carbocycles. The largest absolute Gasteiger partial charge is 0.389 e. The van der Waals surface area contributed by atoms with E-state index >= 15 is 0 Å². The van der Waals surface area contributed by atoms with Crippen molar-refractivity contribution in [1.82, 2.24) is 0 Å². The van der Waals surface area contributed by atoms with E-state index in [-0.39, 0.29) is 18.0 Å². The van der Waals surface area contributed by atoms with Crippen LogP contribution in [0.15, 0.2) is 41.5 Å². The number of hydrogen-bond acceptors (Lipinski definition) is 6. The van der Waals surface area contributed by atoms with E-state index in [0.29, 0.717) is 12.8 Å². The standard InChI is InChI=1S/C29H38O6/c1-16-19(31)15-29-23(32-25(35-29)17-11-8-7-9-12-17)21-18(30)13-10-14-28(21,6)24-22(20(16)26(29,2)3)33-27(4,5)34-24/h7-9,11-12,19,21-25,31H,10,13-15H2,1-6H3/t19-,21-,22+,23-,24-,25-,28+,29+/m0/s1. The first-order valence-electron chi connectivity index (χ1n) is 13.1. The first-order chi connectivity index (χ1) is 16.4. The predicted octanol–water partition coefficient (Wildman–Crippen LogP) is 4.86. The van der Waals surface area contributed by atoms with Gasteiger partial charge in [-0.1, -0.05) is 51.1 Å². The molecule has 1 aromatic carbocycles. The van der Waals surface area contributed by atoms with Crippen LogP contribution in [0, 0.1) is 16.7 Å². The Balaban J connectivity index is 1.61. The van der Waals surface area contributed by atoms with Crippen LogP contribution in [0.1, 0.15) is 79.1 Å². The zero-order valence-corrected chi connectivity index (χ0v) is 21.7. The summed E-state index contributed by atoms with van der Waals surface area (Å²) in [6.07, 6.45) is 0.0631. The number of rotatable bonds is 1. The van der Waals surface area contributed by atoms with Crippen molar-refractivity contribution < 1.29 is 28.8 Å². The number of carbonyl (C=O) groups excluding carboxylic acids is 1. The highest BCUT2D eigenvalue weighted by Gasteiger charge is 2.73. The van der Waals surface area contributed by atoms with Gasteiger partial charge < -0.3 is 24.1 Å². The van der Waals surface area contributed by atoms with Gasteiger partial charge >= 0.3 is 0 Å². The Bertz CT molecular complexity index is 1080. The monoisotopic (exact) mass is 482 g/mol. The van der Waals surface area contributed by atoms with Crippen molar-refractivity contribution >= 4 is 5.78 Å². The molecule has 3 aliphatic carbocycles. The Hall–Kier alpha value is -1.57. The average molecular weight is 483 g/mol. The first-order valence-corrected chi connectivity index (χ1v) is 13.1. The van der Waals surface area contributed by atoms with Gasteiger partial charge in [0, 0.05) is 29.2 Å². The van der Waals surface area contributed by atoms with E-state index in [0.717, 1.165) is 29.6 Å². The topological polar surface area (TPSA) is 74.2 Å². The average Bonchev–Trinajstić information content (AvgIpc) is 3.31. The molecule has 0 amide bonds. The highest BCUT2D eigenvalue weighted by atomic mass is 16.8. The summed E-state index contributed by atoms with van der Waals surface area (Å²) in [5, 5.41) is 11.4. The van der Waals surface area contributed by atoms with E-state index in [9.17, 15) is 9.90 Å². The van der Waals surface area contributed by atoms with Crippen molar-refractivity contribution in [2.45, 2.75) is 109 Å². The molecule has 2 aliphatic heterocycles. The zero-order valence-electron chi connectivity index (χ0n) is 21.7. The van der Waals surface area contributed by atoms with Crippen molar-refractivity contribution in [1.29, 1.82) is 0 Å². The van der Waals surface area contributed by atoms with Crippen LogP contribution in [0.3, 0.4) is 0 Å². The van der Waals surface area contributed by atoms with Crippen molar-refractivity contribution in [2.75, 3.05) is 0 Å². The normalized spacial score (nSPS) is 45.9. The molecule has 8 atom stereocenters. The molecular formula is C29H38O6. The fraction of sp³-hybridized carbons (Fsp3) is 0.690. The van der Waals surface area contributed by atoms with Crippen LogP contribution in [0.2, 0.25) is 0 Å². The van der Waals surface area contributed by atoms with Gasteiger partial charge in [0.15, 0.2) is 12.1 Å². The fourth-order valence-electron chi connectivity index (χ4n) is 8.09. The van der Waals surface area contributed by atoms with Gasteiger partial charge in [-0.05, 0) is 44.8 Å². The lowest BCUT2D eigenvalue weighted by Crippen LogP contribution is -2.68. The molecule has 1 aromatic rings. The number of benzene rings is 1. The van der Waals surface area contributed by atoms with Crippen LogP contribution in [0.4, 0.5) is 0 Å². The van der Waals surface area contributed by atoms with Crippen LogP contribution < -0.4 is 0 Å². The molecule has 6 rings (SSSR count). The van der Waals surface area contributed by atoms with Gasteiger partial charge in [0.25, 0.3) is 0 Å². The molecule has 2 heterocycles. The van der Waals surface area contributed by atoms with Gasteiger partial charge in [-0.25, -0.2) is 0 Å². The molecule has 6 nitrogen and oxygen atoms in total. The number of aliphatic hydroxyl groups excluding tert-OH is 1. The van der Waals surface area contributed by atoms with E-state index in [4.69, 9.17) is 18.9 Å². The summed E-state index contributed by atoms with van der Waals surface area (Å²) >= 11 is 0. The molecular weight excluding hydrogens is 444 g/mol. The van der Waals surface area contributed by atoms with Crippen molar-refractivity contribution in [2.24, 2.45) is 16.7 Å². The van der Waals surface area contributed by atoms with Crippen molar-refractivity contribution in [3.63, 3.8) is 0 Å². The quantitative estimate of drug-likeness (QED) is 0.577. The molecule has 4 fully saturated rings. The fourth-order valence-corrected chi connectivity index (χ4v) is 8.09. The predicted molar refractivity (Wildman–Crippen MR) is 129 cm³/mol. The van der Waals surface area contributed by atoms with Crippen molar-refractivity contribution in [3.05, 3.63) is 47.0 Å². The van der Waals surface area contributed by atoms with Crippen LogP contribution in [-0.4, -0.2) is 46.7 Å². The Kier molecular flexibility index (Phi) is 5.09. The van der Waals surface area contributed by atoms with E-state index in [2.05, 4.69) is 20.8 Å². The van der Waals surface area contributed by atoms with Gasteiger partial charge in [0.1, 0.15) is 23.6 Å². The minimum absolute atomic E-state index is 0.201. The van der Waals surface area contributed by atoms with E-state index < -0.39 is 46.6 Å². The van der Waals surface area contributed by atoms with Gasteiger partial charge in [0.05, 0.1) is 18.1 Å². The summed E-state index contributed by atoms with van der Waals surface area (Å²) in [7, 11) is 0. The minimum Gasteiger partial charge on any atom is -0.389 e. The molecule has 1 N–H and O–H groups in total. The number of fused-ring (bicyclic) bond motifs is 6. The van der Waals surface area contributed by atoms with Gasteiger partial charge in [-0.15, -0.1) is 0 Å². The third kappa shape index (κ3) is 3.10. The Morgan fingerprint density at radius 2 is 1.69 bits per heavy atom. The number of carbonyl (C=O) groups is 1. The molecule has 0 unspecified atom stereocenters. The maximum atomic E-state index is 13.8. The van der Waals surface area contributed by atoms with Crippen LogP contribution in [0.25, 0.3) is 0 Å². The first kappa shape index (κ1) is 23.8. The maximum Gasteiger partial charge on any atom is 0.185 e. The lowest BCUT2D eigenvalue weighted by Gasteiger charge is -2.60. The lowest BCUT2D eigenvalue weighted by molar-refractivity contribution is -0.185. The molecule has 0 aromatic heterocycles. The summed E-state index contributed by atoms with van der Waals surface area (Å²) in [6.45, 7) is 12.4. The van der Waals surface area contributed by atoms with E-state index in [1.54, 1.807) is 0 Å². The highest BCUT2D eigenvalue weighted by Crippen LogP contribution is 2.66. The number of ketones is 1. The summed E-state index contributed by atoms with van der Waals surface area (Å²) in [5.74, 6) is -1.01. The second-order valence-corrected chi connectivity index (χ2v) is 12.5.